The Morgan fingerprint density at radius 3 is 2.30 bits per heavy atom. The van der Waals surface area contributed by atoms with E-state index < -0.39 is 81.1 Å². The van der Waals surface area contributed by atoms with Crippen molar-refractivity contribution in [3.8, 4) is 5.69 Å². The molecule has 1 amide bonds. The highest BCUT2D eigenvalue weighted by Crippen LogP contribution is 2.28. The molecule has 4 rings (SSSR count). The number of hydrogen-bond donors (Lipinski definition) is 3. The maximum atomic E-state index is 15.1. The quantitative estimate of drug-likeness (QED) is 0.426. The van der Waals surface area contributed by atoms with E-state index in [9.17, 15) is 37.4 Å². The Hall–Kier alpha value is -3.58. The molecule has 0 spiro atoms. The number of para-hydroxylation sites is 1. The number of hydrogen-bond acceptors (Lipinski definition) is 6. The molecule has 3 N–H and O–H groups in total. The molecule has 0 radical (unpaired) electrons. The predicted octanol–water partition coefficient (Wildman–Crippen LogP) is 2.51. The second kappa shape index (κ2) is 9.71. The van der Waals surface area contributed by atoms with Crippen LogP contribution in [0.4, 0.5) is 27.8 Å². The number of halogens is 5. The highest BCUT2D eigenvalue weighted by molar-refractivity contribution is 5.97. The molecule has 1 aliphatic rings. The molecule has 37 heavy (non-hydrogen) atoms. The largest absolute Gasteiger partial charge is 0.389 e. The Bertz CT molecular complexity index is 1390. The van der Waals surface area contributed by atoms with Crippen LogP contribution >= 0.6 is 0 Å². The van der Waals surface area contributed by atoms with Crippen LogP contribution in [0, 0.1) is 17.5 Å². The zero-order valence-corrected chi connectivity index (χ0v) is 19.7. The molecule has 13 heteroatoms. The molecule has 0 saturated carbocycles. The van der Waals surface area contributed by atoms with Gasteiger partial charge in [-0.05, 0) is 24.6 Å². The smallest absolute Gasteiger partial charge is 0.265 e. The van der Waals surface area contributed by atoms with Gasteiger partial charge in [-0.15, -0.1) is 0 Å². The van der Waals surface area contributed by atoms with Gasteiger partial charge in [-0.1, -0.05) is 13.0 Å². The summed E-state index contributed by atoms with van der Waals surface area (Å²) in [5, 5.41) is 21.2. The number of aliphatic hydroxyl groups is 2. The van der Waals surface area contributed by atoms with Crippen LogP contribution in [0.1, 0.15) is 30.6 Å². The molecule has 0 aliphatic carbocycles. The molecule has 0 bridgehead atoms. The number of fused-ring (bicyclic) bond motifs is 1. The van der Waals surface area contributed by atoms with E-state index >= 15 is 4.39 Å². The first-order valence-electron chi connectivity index (χ1n) is 11.3. The normalized spacial score (nSPS) is 18.9. The summed E-state index contributed by atoms with van der Waals surface area (Å²) in [4.78, 5) is 31.3. The number of aromatic nitrogens is 2. The highest BCUT2D eigenvalue weighted by atomic mass is 19.3. The monoisotopic (exact) mass is 526 g/mol. The van der Waals surface area contributed by atoms with Crippen molar-refractivity contribution in [3.63, 3.8) is 0 Å². The van der Waals surface area contributed by atoms with Gasteiger partial charge in [0, 0.05) is 26.2 Å². The van der Waals surface area contributed by atoms with Gasteiger partial charge in [-0.2, -0.15) is 0 Å². The van der Waals surface area contributed by atoms with E-state index in [1.54, 1.807) is 0 Å². The minimum absolute atomic E-state index is 0.188. The lowest BCUT2D eigenvalue weighted by Crippen LogP contribution is -2.46. The maximum absolute atomic E-state index is 15.1. The summed E-state index contributed by atoms with van der Waals surface area (Å²) < 4.78 is 73.1. The third kappa shape index (κ3) is 4.88. The minimum Gasteiger partial charge on any atom is -0.389 e. The number of benzene rings is 1. The Kier molecular flexibility index (Phi) is 6.95. The van der Waals surface area contributed by atoms with Gasteiger partial charge in [0.2, 0.25) is 5.43 Å². The van der Waals surface area contributed by atoms with Crippen molar-refractivity contribution in [1.29, 1.82) is 0 Å². The Labute approximate surface area is 207 Å². The van der Waals surface area contributed by atoms with Crippen molar-refractivity contribution < 1.29 is 37.0 Å². The third-order valence-corrected chi connectivity index (χ3v) is 6.22. The number of anilines is 1. The molecule has 1 saturated heterocycles. The maximum Gasteiger partial charge on any atom is 0.265 e. The van der Waals surface area contributed by atoms with E-state index in [2.05, 4.69) is 4.98 Å². The number of amides is 1. The number of carbonyl (C=O) groups excluding carboxylic acids is 1. The van der Waals surface area contributed by atoms with Crippen molar-refractivity contribution in [3.05, 3.63) is 63.7 Å². The van der Waals surface area contributed by atoms with Gasteiger partial charge in [0.05, 0.1) is 23.6 Å². The van der Waals surface area contributed by atoms with Gasteiger partial charge in [-0.25, -0.2) is 26.9 Å². The zero-order chi connectivity index (χ0) is 27.2. The fourth-order valence-electron chi connectivity index (χ4n) is 4.25. The van der Waals surface area contributed by atoms with E-state index in [0.717, 1.165) is 29.0 Å². The molecular formula is C24H23F5N4O4. The van der Waals surface area contributed by atoms with Crippen LogP contribution in [0.2, 0.25) is 0 Å². The number of nitrogens with one attached hydrogen (secondary N) is 1. The summed E-state index contributed by atoms with van der Waals surface area (Å²) >= 11 is 0. The van der Waals surface area contributed by atoms with Gasteiger partial charge in [-0.3, -0.25) is 14.2 Å². The summed E-state index contributed by atoms with van der Waals surface area (Å²) in [5.41, 5.74) is -3.06. The summed E-state index contributed by atoms with van der Waals surface area (Å²) in [6.07, 6.45) is -1.86. The Balaban J connectivity index is 1.97. The van der Waals surface area contributed by atoms with Crippen LogP contribution in [0.3, 0.4) is 0 Å². The summed E-state index contributed by atoms with van der Waals surface area (Å²) in [6.45, 7) is 1.56. The lowest BCUT2D eigenvalue weighted by molar-refractivity contribution is -0.0179. The molecule has 2 aromatic heterocycles. The summed E-state index contributed by atoms with van der Waals surface area (Å²) in [6, 6.07) is 1.94. The zero-order valence-electron chi connectivity index (χ0n) is 19.7. The molecule has 0 unspecified atom stereocenters. The van der Waals surface area contributed by atoms with E-state index in [-0.39, 0.29) is 19.5 Å². The number of nitrogens with zero attached hydrogens (tertiary/aromatic N) is 3. The fraction of sp³-hybridized carbons (Fsp3) is 0.375. The van der Waals surface area contributed by atoms with Gasteiger partial charge in [0.15, 0.2) is 17.3 Å². The number of carbonyl (C=O) groups is 1. The standard InChI is InChI=1S/C24H23F5N4O4/c1-3-18(24(2,28)29)30-23(37)12-8-33(19-13(25)5-4-6-14(19)26)21-11(20(12)36)7-15(27)22(31-21)32-9-16(34)17(35)10-32/h4-8,16-18,34-35H,3,9-10H2,1-2H3,(H,30,37)/t16-,17-,18+/m1/s1. The molecule has 3 aromatic rings. The molecular weight excluding hydrogens is 503 g/mol. The molecule has 198 valence electrons. The van der Waals surface area contributed by atoms with Crippen LogP contribution < -0.4 is 15.6 Å². The van der Waals surface area contributed by atoms with E-state index in [1.165, 1.54) is 11.8 Å². The van der Waals surface area contributed by atoms with Crippen molar-refractivity contribution in [1.82, 2.24) is 14.9 Å². The van der Waals surface area contributed by atoms with E-state index in [1.807, 2.05) is 5.32 Å². The van der Waals surface area contributed by atoms with Crippen molar-refractivity contribution in [2.24, 2.45) is 0 Å². The first-order valence-corrected chi connectivity index (χ1v) is 11.3. The van der Waals surface area contributed by atoms with Gasteiger partial charge >= 0.3 is 0 Å². The fourth-order valence-corrected chi connectivity index (χ4v) is 4.25. The van der Waals surface area contributed by atoms with Crippen LogP contribution in [-0.2, 0) is 0 Å². The van der Waals surface area contributed by atoms with Crippen LogP contribution in [-0.4, -0.2) is 62.9 Å². The first kappa shape index (κ1) is 26.5. The summed E-state index contributed by atoms with van der Waals surface area (Å²) in [7, 11) is 0. The number of pyridine rings is 2. The number of rotatable bonds is 6. The van der Waals surface area contributed by atoms with Crippen LogP contribution in [0.25, 0.3) is 16.7 Å². The molecule has 3 atom stereocenters. The lowest BCUT2D eigenvalue weighted by Gasteiger charge is -2.24. The van der Waals surface area contributed by atoms with Crippen molar-refractivity contribution in [2.45, 2.75) is 44.4 Å². The van der Waals surface area contributed by atoms with E-state index in [0.29, 0.717) is 13.0 Å². The SMILES string of the molecule is CC[C@H](NC(=O)c1cn(-c2c(F)cccc2F)c2nc(N3C[C@@H](O)[C@H](O)C3)c(F)cc2c1=O)C(C)(F)F. The van der Waals surface area contributed by atoms with Gasteiger partial charge < -0.3 is 20.4 Å². The Morgan fingerprint density at radius 2 is 1.76 bits per heavy atom. The van der Waals surface area contributed by atoms with Crippen molar-refractivity contribution in [2.75, 3.05) is 18.0 Å². The number of aliphatic hydroxyl groups excluding tert-OH is 2. The third-order valence-electron chi connectivity index (χ3n) is 6.22. The predicted molar refractivity (Wildman–Crippen MR) is 124 cm³/mol. The van der Waals surface area contributed by atoms with Crippen LogP contribution in [0.15, 0.2) is 35.3 Å². The first-order chi connectivity index (χ1) is 17.3. The molecule has 1 fully saturated rings. The van der Waals surface area contributed by atoms with Crippen LogP contribution in [0.5, 0.6) is 0 Å². The van der Waals surface area contributed by atoms with Gasteiger partial charge in [0.25, 0.3) is 11.8 Å². The second-order valence-electron chi connectivity index (χ2n) is 8.91. The highest BCUT2D eigenvalue weighted by Gasteiger charge is 2.35. The van der Waals surface area contributed by atoms with Crippen molar-refractivity contribution >= 4 is 22.8 Å². The molecule has 1 aromatic carbocycles. The average molecular weight is 526 g/mol. The Morgan fingerprint density at radius 1 is 1.16 bits per heavy atom. The average Bonchev–Trinajstić information content (AvgIpc) is 3.15. The number of alkyl halides is 2. The summed E-state index contributed by atoms with van der Waals surface area (Å²) in [5.74, 6) is -8.30. The minimum atomic E-state index is -3.34. The topological polar surface area (TPSA) is 108 Å². The van der Waals surface area contributed by atoms with Gasteiger partial charge in [0.1, 0.15) is 22.9 Å². The molecule has 3 heterocycles. The molecule has 8 nitrogen and oxygen atoms in total. The van der Waals surface area contributed by atoms with E-state index in [4.69, 9.17) is 0 Å². The molecule has 1 aliphatic heterocycles. The second-order valence-corrected chi connectivity index (χ2v) is 8.91. The lowest BCUT2D eigenvalue weighted by atomic mass is 10.1. The number of β-amino-alcohol motifs (C(OH)–C–C–N with tert-alkyl or cyclic N) is 2.